The smallest absolute Gasteiger partial charge is 0.416 e. The molecule has 178 valence electrons. The highest BCUT2D eigenvalue weighted by molar-refractivity contribution is 5.89. The van der Waals surface area contributed by atoms with Crippen molar-refractivity contribution in [1.82, 2.24) is 9.88 Å². The zero-order valence-electron chi connectivity index (χ0n) is 18.1. The van der Waals surface area contributed by atoms with Crippen LogP contribution in [0.5, 0.6) is 0 Å². The van der Waals surface area contributed by atoms with Crippen LogP contribution in [0.1, 0.15) is 34.7 Å². The Morgan fingerprint density at radius 1 is 1.03 bits per heavy atom. The number of alkyl halides is 3. The third-order valence-corrected chi connectivity index (χ3v) is 5.10. The molecule has 0 aliphatic carbocycles. The first kappa shape index (κ1) is 24.6. The molecule has 1 atom stereocenters. The van der Waals surface area contributed by atoms with E-state index in [2.05, 4.69) is 10.6 Å². The number of nitrogens with one attached hydrogen (secondary N) is 2. The highest BCUT2D eigenvalue weighted by Gasteiger charge is 2.33. The van der Waals surface area contributed by atoms with Gasteiger partial charge in [0.15, 0.2) is 0 Å². The van der Waals surface area contributed by atoms with Gasteiger partial charge in [0.05, 0.1) is 24.6 Å². The lowest BCUT2D eigenvalue weighted by molar-refractivity contribution is -0.138. The molecule has 1 heterocycles. The van der Waals surface area contributed by atoms with Crippen LogP contribution in [0.2, 0.25) is 0 Å². The molecule has 0 aliphatic heterocycles. The third kappa shape index (κ3) is 6.25. The van der Waals surface area contributed by atoms with Crippen LogP contribution in [0.25, 0.3) is 0 Å². The second kappa shape index (κ2) is 10.2. The number of aromatic nitrogens is 1. The Hall–Kier alpha value is -4.08. The summed E-state index contributed by atoms with van der Waals surface area (Å²) in [6.07, 6.45) is -3.65. The summed E-state index contributed by atoms with van der Waals surface area (Å²) in [5.74, 6) is -1.13. The number of aryl methyl sites for hydroxylation is 1. The minimum atomic E-state index is -4.58. The molecule has 3 rings (SSSR count). The van der Waals surface area contributed by atoms with Crippen LogP contribution in [-0.2, 0) is 17.5 Å². The standard InChI is InChI=1S/C24H22F3N3O4/c1-15-8-10-16(11-9-15)20(13-21(31)32)29-23(34)28-19-7-4-12-30(22(19)33)14-17-5-2-3-6-18(17)24(25,26)27/h2-12,20H,13-14H2,1H3,(H,31,32)(H2,28,29,34)/t20-/m0/s1. The lowest BCUT2D eigenvalue weighted by Gasteiger charge is -2.18. The van der Waals surface area contributed by atoms with Gasteiger partial charge in [0.1, 0.15) is 5.69 Å². The number of carboxylic acid groups (broad SMARTS) is 1. The number of rotatable bonds is 7. The molecule has 0 radical (unpaired) electrons. The maximum atomic E-state index is 13.3. The van der Waals surface area contributed by atoms with E-state index in [1.54, 1.807) is 24.3 Å². The number of anilines is 1. The van der Waals surface area contributed by atoms with Crippen molar-refractivity contribution < 1.29 is 27.9 Å². The second-order valence-corrected chi connectivity index (χ2v) is 7.67. The van der Waals surface area contributed by atoms with Crippen molar-refractivity contribution in [1.29, 1.82) is 0 Å². The van der Waals surface area contributed by atoms with E-state index in [1.807, 2.05) is 6.92 Å². The van der Waals surface area contributed by atoms with E-state index in [4.69, 9.17) is 0 Å². The summed E-state index contributed by atoms with van der Waals surface area (Å²) in [5.41, 5.74) is -0.300. The third-order valence-electron chi connectivity index (χ3n) is 5.10. The first-order chi connectivity index (χ1) is 16.0. The van der Waals surface area contributed by atoms with E-state index in [0.717, 1.165) is 16.2 Å². The SMILES string of the molecule is Cc1ccc([C@H](CC(=O)O)NC(=O)Nc2cccn(Cc3ccccc3C(F)(F)F)c2=O)cc1. The number of nitrogens with zero attached hydrogens (tertiary/aromatic N) is 1. The van der Waals surface area contributed by atoms with Gasteiger partial charge >= 0.3 is 18.2 Å². The van der Waals surface area contributed by atoms with Crippen LogP contribution in [-0.4, -0.2) is 21.7 Å². The highest BCUT2D eigenvalue weighted by Crippen LogP contribution is 2.32. The second-order valence-electron chi connectivity index (χ2n) is 7.67. The van der Waals surface area contributed by atoms with Gasteiger partial charge in [-0.25, -0.2) is 4.79 Å². The highest BCUT2D eigenvalue weighted by atomic mass is 19.4. The summed E-state index contributed by atoms with van der Waals surface area (Å²) in [7, 11) is 0. The molecular weight excluding hydrogens is 451 g/mol. The van der Waals surface area contributed by atoms with Gasteiger partial charge in [0.2, 0.25) is 0 Å². The molecule has 2 amide bonds. The van der Waals surface area contributed by atoms with E-state index >= 15 is 0 Å². The van der Waals surface area contributed by atoms with E-state index in [0.29, 0.717) is 5.56 Å². The number of pyridine rings is 1. The van der Waals surface area contributed by atoms with Crippen molar-refractivity contribution in [2.24, 2.45) is 0 Å². The molecular formula is C24H22F3N3O4. The molecule has 34 heavy (non-hydrogen) atoms. The fraction of sp³-hybridized carbons (Fsp3) is 0.208. The predicted molar refractivity (Wildman–Crippen MR) is 120 cm³/mol. The van der Waals surface area contributed by atoms with E-state index in [1.165, 1.54) is 36.5 Å². The number of halogens is 3. The number of benzene rings is 2. The van der Waals surface area contributed by atoms with Crippen LogP contribution in [0.4, 0.5) is 23.7 Å². The molecule has 0 fully saturated rings. The van der Waals surface area contributed by atoms with E-state index in [9.17, 15) is 32.7 Å². The minimum Gasteiger partial charge on any atom is -0.481 e. The topological polar surface area (TPSA) is 100 Å². The van der Waals surface area contributed by atoms with Crippen molar-refractivity contribution in [3.63, 3.8) is 0 Å². The van der Waals surface area contributed by atoms with Crippen LogP contribution in [0, 0.1) is 6.92 Å². The number of aliphatic carboxylic acids is 1. The van der Waals surface area contributed by atoms with Crippen LogP contribution in [0.15, 0.2) is 71.7 Å². The summed E-state index contributed by atoms with van der Waals surface area (Å²) in [5, 5.41) is 14.1. The Bertz CT molecular complexity index is 1240. The Labute approximate surface area is 192 Å². The maximum Gasteiger partial charge on any atom is 0.416 e. The van der Waals surface area contributed by atoms with Crippen LogP contribution >= 0.6 is 0 Å². The summed E-state index contributed by atoms with van der Waals surface area (Å²) in [4.78, 5) is 36.6. The lowest BCUT2D eigenvalue weighted by atomic mass is 10.0. The normalized spacial score (nSPS) is 12.1. The largest absolute Gasteiger partial charge is 0.481 e. The van der Waals surface area contributed by atoms with Crippen LogP contribution in [0.3, 0.4) is 0 Å². The molecule has 2 aromatic carbocycles. The average Bonchev–Trinajstić information content (AvgIpc) is 2.76. The zero-order valence-corrected chi connectivity index (χ0v) is 18.1. The lowest BCUT2D eigenvalue weighted by Crippen LogP contribution is -2.36. The van der Waals surface area contributed by atoms with Gasteiger partial charge < -0.3 is 20.3 Å². The summed E-state index contributed by atoms with van der Waals surface area (Å²) < 4.78 is 40.9. The number of hydrogen-bond acceptors (Lipinski definition) is 3. The number of amides is 2. The number of carbonyl (C=O) groups excluding carboxylic acids is 1. The van der Waals surface area contributed by atoms with Gasteiger partial charge in [-0.05, 0) is 36.2 Å². The van der Waals surface area contributed by atoms with Gasteiger partial charge in [-0.1, -0.05) is 48.0 Å². The maximum absolute atomic E-state index is 13.3. The summed E-state index contributed by atoms with van der Waals surface area (Å²) in [6.45, 7) is 1.51. The molecule has 0 unspecified atom stereocenters. The average molecular weight is 473 g/mol. The summed E-state index contributed by atoms with van der Waals surface area (Å²) in [6, 6.07) is 12.9. The molecule has 0 saturated carbocycles. The van der Waals surface area contributed by atoms with Crippen molar-refractivity contribution in [2.45, 2.75) is 32.1 Å². The van der Waals surface area contributed by atoms with E-state index in [-0.39, 0.29) is 24.2 Å². The Kier molecular flexibility index (Phi) is 7.40. The first-order valence-electron chi connectivity index (χ1n) is 10.2. The monoisotopic (exact) mass is 473 g/mol. The molecule has 0 saturated heterocycles. The van der Waals surface area contributed by atoms with Crippen molar-refractivity contribution in [2.75, 3.05) is 5.32 Å². The van der Waals surface area contributed by atoms with Gasteiger partial charge in [-0.15, -0.1) is 0 Å². The first-order valence-corrected chi connectivity index (χ1v) is 10.2. The fourth-order valence-corrected chi connectivity index (χ4v) is 3.42. The van der Waals surface area contributed by atoms with Gasteiger partial charge in [0, 0.05) is 6.20 Å². The number of urea groups is 1. The van der Waals surface area contributed by atoms with Crippen LogP contribution < -0.4 is 16.2 Å². The van der Waals surface area contributed by atoms with Gasteiger partial charge in [-0.3, -0.25) is 9.59 Å². The molecule has 3 N–H and O–H groups in total. The molecule has 1 aromatic heterocycles. The number of carbonyl (C=O) groups is 2. The van der Waals surface area contributed by atoms with Gasteiger partial charge in [-0.2, -0.15) is 13.2 Å². The Balaban J connectivity index is 1.79. The Morgan fingerprint density at radius 2 is 1.71 bits per heavy atom. The molecule has 0 spiro atoms. The van der Waals surface area contributed by atoms with Crippen molar-refractivity contribution >= 4 is 17.7 Å². The fourth-order valence-electron chi connectivity index (χ4n) is 3.42. The number of carboxylic acids is 1. The predicted octanol–water partition coefficient (Wildman–Crippen LogP) is 4.56. The summed E-state index contributed by atoms with van der Waals surface area (Å²) >= 11 is 0. The Morgan fingerprint density at radius 3 is 2.35 bits per heavy atom. The molecule has 7 nitrogen and oxygen atoms in total. The minimum absolute atomic E-state index is 0.0976. The van der Waals surface area contributed by atoms with E-state index < -0.39 is 35.3 Å². The molecule has 0 aliphatic rings. The zero-order chi connectivity index (χ0) is 24.9. The molecule has 3 aromatic rings. The molecule has 0 bridgehead atoms. The van der Waals surface area contributed by atoms with Gasteiger partial charge in [0.25, 0.3) is 5.56 Å². The van der Waals surface area contributed by atoms with Crippen molar-refractivity contribution in [3.8, 4) is 0 Å². The molecule has 10 heteroatoms. The number of hydrogen-bond donors (Lipinski definition) is 3. The van der Waals surface area contributed by atoms with Crippen molar-refractivity contribution in [3.05, 3.63) is 99.5 Å². The quantitative estimate of drug-likeness (QED) is 0.468.